The molecule has 0 spiro atoms. The van der Waals surface area contributed by atoms with Crippen molar-refractivity contribution in [1.29, 1.82) is 0 Å². The molecule has 17 heavy (non-hydrogen) atoms. The lowest BCUT2D eigenvalue weighted by molar-refractivity contribution is 0.414. The number of pyridine rings is 1. The lowest BCUT2D eigenvalue weighted by atomic mass is 10.2. The highest BCUT2D eigenvalue weighted by atomic mass is 16.5. The molecule has 0 radical (unpaired) electrons. The van der Waals surface area contributed by atoms with Crippen molar-refractivity contribution in [1.82, 2.24) is 15.0 Å². The van der Waals surface area contributed by atoms with E-state index in [1.54, 1.807) is 25.7 Å². The number of anilines is 1. The second kappa shape index (κ2) is 5.25. The van der Waals surface area contributed by atoms with Crippen LogP contribution in [0.25, 0.3) is 11.4 Å². The van der Waals surface area contributed by atoms with Gasteiger partial charge >= 0.3 is 0 Å². The smallest absolute Gasteiger partial charge is 0.154 e. The summed E-state index contributed by atoms with van der Waals surface area (Å²) < 4.78 is 5.27. The maximum Gasteiger partial charge on any atom is 0.154 e. The average Bonchev–Trinajstić information content (AvgIpc) is 2.40. The van der Waals surface area contributed by atoms with E-state index in [-0.39, 0.29) is 0 Å². The summed E-state index contributed by atoms with van der Waals surface area (Å²) in [6.45, 7) is 2.79. The molecule has 0 aromatic carbocycles. The molecule has 2 aromatic rings. The number of ether oxygens (including phenoxy) is 1. The van der Waals surface area contributed by atoms with Crippen molar-refractivity contribution >= 4 is 5.82 Å². The molecule has 0 unspecified atom stereocenters. The van der Waals surface area contributed by atoms with Crippen LogP contribution in [0.1, 0.15) is 6.92 Å². The first kappa shape index (κ1) is 11.3. The van der Waals surface area contributed by atoms with Crippen LogP contribution < -0.4 is 10.1 Å². The summed E-state index contributed by atoms with van der Waals surface area (Å²) in [5, 5.41) is 3.16. The third-order valence-electron chi connectivity index (χ3n) is 2.26. The van der Waals surface area contributed by atoms with Gasteiger partial charge in [-0.3, -0.25) is 4.98 Å². The van der Waals surface area contributed by atoms with Crippen LogP contribution in [0.3, 0.4) is 0 Å². The lowest BCUT2D eigenvalue weighted by Crippen LogP contribution is -2.04. The first-order valence-electron chi connectivity index (χ1n) is 5.41. The molecule has 0 saturated carbocycles. The van der Waals surface area contributed by atoms with Crippen molar-refractivity contribution in [2.75, 3.05) is 19.0 Å². The van der Waals surface area contributed by atoms with Crippen LogP contribution in [0.2, 0.25) is 0 Å². The summed E-state index contributed by atoms with van der Waals surface area (Å²) in [5.41, 5.74) is 1.39. The molecular weight excluding hydrogens is 216 g/mol. The van der Waals surface area contributed by atoms with Gasteiger partial charge in [0.2, 0.25) is 0 Å². The summed E-state index contributed by atoms with van der Waals surface area (Å²) in [6, 6.07) is 3.68. The van der Waals surface area contributed by atoms with E-state index in [1.165, 1.54) is 0 Å². The van der Waals surface area contributed by atoms with Gasteiger partial charge in [0.1, 0.15) is 17.1 Å². The average molecular weight is 230 g/mol. The van der Waals surface area contributed by atoms with Crippen LogP contribution in [0, 0.1) is 0 Å². The van der Waals surface area contributed by atoms with E-state index in [1.807, 2.05) is 19.1 Å². The topological polar surface area (TPSA) is 59.9 Å². The Labute approximate surface area is 99.9 Å². The van der Waals surface area contributed by atoms with E-state index in [0.717, 1.165) is 6.54 Å². The summed E-state index contributed by atoms with van der Waals surface area (Å²) >= 11 is 0. The molecule has 0 aliphatic heterocycles. The summed E-state index contributed by atoms with van der Waals surface area (Å²) in [6.07, 6.45) is 5.00. The third kappa shape index (κ3) is 2.33. The number of rotatable bonds is 4. The minimum atomic E-state index is 0.687. The monoisotopic (exact) mass is 230 g/mol. The van der Waals surface area contributed by atoms with Crippen LogP contribution in [-0.4, -0.2) is 28.6 Å². The maximum atomic E-state index is 5.27. The molecular formula is C12H14N4O. The summed E-state index contributed by atoms with van der Waals surface area (Å²) in [5.74, 6) is 1.40. The third-order valence-corrected chi connectivity index (χ3v) is 2.26. The van der Waals surface area contributed by atoms with E-state index < -0.39 is 0 Å². The van der Waals surface area contributed by atoms with Crippen molar-refractivity contribution in [3.8, 4) is 17.1 Å². The van der Waals surface area contributed by atoms with Crippen molar-refractivity contribution in [3.63, 3.8) is 0 Å². The van der Waals surface area contributed by atoms with Gasteiger partial charge in [0, 0.05) is 25.1 Å². The molecule has 0 fully saturated rings. The van der Waals surface area contributed by atoms with Gasteiger partial charge in [0.05, 0.1) is 7.11 Å². The lowest BCUT2D eigenvalue weighted by Gasteiger charge is -2.10. The zero-order valence-corrected chi connectivity index (χ0v) is 9.84. The zero-order chi connectivity index (χ0) is 12.1. The molecule has 2 rings (SSSR count). The van der Waals surface area contributed by atoms with E-state index in [2.05, 4.69) is 20.3 Å². The van der Waals surface area contributed by atoms with Crippen molar-refractivity contribution in [2.45, 2.75) is 6.92 Å². The Hall–Kier alpha value is -2.17. The Kier molecular flexibility index (Phi) is 3.49. The van der Waals surface area contributed by atoms with Gasteiger partial charge in [-0.15, -0.1) is 0 Å². The molecule has 0 atom stereocenters. The van der Waals surface area contributed by atoms with E-state index in [4.69, 9.17) is 4.74 Å². The number of hydrogen-bond donors (Lipinski definition) is 1. The largest absolute Gasteiger partial charge is 0.494 e. The van der Waals surface area contributed by atoms with Gasteiger partial charge in [0.25, 0.3) is 0 Å². The van der Waals surface area contributed by atoms with Crippen molar-refractivity contribution in [2.24, 2.45) is 0 Å². The fourth-order valence-electron chi connectivity index (χ4n) is 1.54. The molecule has 88 valence electrons. The SMILES string of the molecule is CCNc1nccnc1-c1ncccc1OC. The highest BCUT2D eigenvalue weighted by Gasteiger charge is 2.13. The Bertz CT molecular complexity index is 501. The van der Waals surface area contributed by atoms with E-state index in [0.29, 0.717) is 23.0 Å². The number of nitrogens with zero attached hydrogens (tertiary/aromatic N) is 3. The number of nitrogens with one attached hydrogen (secondary N) is 1. The minimum absolute atomic E-state index is 0.687. The molecule has 1 N–H and O–H groups in total. The first-order chi connectivity index (χ1) is 8.36. The predicted molar refractivity (Wildman–Crippen MR) is 66.0 cm³/mol. The van der Waals surface area contributed by atoms with Crippen molar-refractivity contribution < 1.29 is 4.74 Å². The molecule has 0 amide bonds. The van der Waals surface area contributed by atoms with Crippen LogP contribution in [0.4, 0.5) is 5.82 Å². The van der Waals surface area contributed by atoms with Gasteiger partial charge in [-0.25, -0.2) is 9.97 Å². The van der Waals surface area contributed by atoms with Gasteiger partial charge in [-0.1, -0.05) is 0 Å². The number of methoxy groups -OCH3 is 1. The highest BCUT2D eigenvalue weighted by Crippen LogP contribution is 2.29. The van der Waals surface area contributed by atoms with Crippen LogP contribution in [-0.2, 0) is 0 Å². The molecule has 0 aliphatic rings. The summed E-state index contributed by atoms with van der Waals surface area (Å²) in [7, 11) is 1.61. The van der Waals surface area contributed by atoms with Gasteiger partial charge < -0.3 is 10.1 Å². The second-order valence-electron chi connectivity index (χ2n) is 3.34. The zero-order valence-electron chi connectivity index (χ0n) is 9.84. The van der Waals surface area contributed by atoms with Crippen molar-refractivity contribution in [3.05, 3.63) is 30.7 Å². The quantitative estimate of drug-likeness (QED) is 0.870. The Morgan fingerprint density at radius 2 is 1.88 bits per heavy atom. The van der Waals surface area contributed by atoms with Gasteiger partial charge in [-0.2, -0.15) is 0 Å². The fraction of sp³-hybridized carbons (Fsp3) is 0.250. The Balaban J connectivity index is 2.52. The number of aromatic nitrogens is 3. The maximum absolute atomic E-state index is 5.27. The minimum Gasteiger partial charge on any atom is -0.494 e. The van der Waals surface area contributed by atoms with E-state index in [9.17, 15) is 0 Å². The number of hydrogen-bond acceptors (Lipinski definition) is 5. The molecule has 0 bridgehead atoms. The second-order valence-corrected chi connectivity index (χ2v) is 3.34. The van der Waals surface area contributed by atoms with Crippen LogP contribution >= 0.6 is 0 Å². The molecule has 5 nitrogen and oxygen atoms in total. The molecule has 0 aliphatic carbocycles. The molecule has 0 saturated heterocycles. The molecule has 2 aromatic heterocycles. The molecule has 5 heteroatoms. The first-order valence-corrected chi connectivity index (χ1v) is 5.41. The van der Waals surface area contributed by atoms with Crippen LogP contribution in [0.15, 0.2) is 30.7 Å². The highest BCUT2D eigenvalue weighted by molar-refractivity contribution is 5.72. The van der Waals surface area contributed by atoms with Gasteiger partial charge in [-0.05, 0) is 19.1 Å². The predicted octanol–water partition coefficient (Wildman–Crippen LogP) is 1.98. The van der Waals surface area contributed by atoms with E-state index >= 15 is 0 Å². The molecule has 2 heterocycles. The standard InChI is InChI=1S/C12H14N4O/c1-3-13-12-11(15-7-8-16-12)10-9(17-2)5-4-6-14-10/h4-8H,3H2,1-2H3,(H,13,16). The Morgan fingerprint density at radius 3 is 2.65 bits per heavy atom. The summed E-state index contributed by atoms with van der Waals surface area (Å²) in [4.78, 5) is 12.9. The normalized spacial score (nSPS) is 10.0. The van der Waals surface area contributed by atoms with Gasteiger partial charge in [0.15, 0.2) is 5.82 Å². The Morgan fingerprint density at radius 1 is 1.12 bits per heavy atom. The van der Waals surface area contributed by atoms with Crippen LogP contribution in [0.5, 0.6) is 5.75 Å². The fourth-order valence-corrected chi connectivity index (χ4v) is 1.54.